The second-order valence-electron chi connectivity index (χ2n) is 7.32. The highest BCUT2D eigenvalue weighted by Crippen LogP contribution is 2.25. The van der Waals surface area contributed by atoms with Crippen LogP contribution in [0.5, 0.6) is 17.4 Å². The van der Waals surface area contributed by atoms with E-state index >= 15 is 0 Å². The molecule has 1 N–H and O–H groups in total. The number of pyridine rings is 1. The van der Waals surface area contributed by atoms with E-state index in [-0.39, 0.29) is 17.7 Å². The maximum absolute atomic E-state index is 12.9. The van der Waals surface area contributed by atoms with Crippen LogP contribution in [0.25, 0.3) is 0 Å². The zero-order valence-electron chi connectivity index (χ0n) is 18.2. The fraction of sp³-hybridized carbons (Fsp3) is 0.435. The molecule has 2 aromatic rings. The molecule has 0 spiro atoms. The summed E-state index contributed by atoms with van der Waals surface area (Å²) in [5.41, 5.74) is 1.45. The van der Waals surface area contributed by atoms with Gasteiger partial charge < -0.3 is 24.4 Å². The number of benzene rings is 1. The first-order valence-electron chi connectivity index (χ1n) is 10.4. The van der Waals surface area contributed by atoms with Crippen molar-refractivity contribution in [3.05, 3.63) is 47.7 Å². The van der Waals surface area contributed by atoms with E-state index in [0.717, 1.165) is 5.56 Å². The SMILES string of the molecule is CCOc1cc(CNC(=O)C2CCN(C(=O)c3cc(OC)cc(OC)c3)CC2)ccn1. The summed E-state index contributed by atoms with van der Waals surface area (Å²) in [4.78, 5) is 31.4. The first-order valence-corrected chi connectivity index (χ1v) is 10.4. The number of methoxy groups -OCH3 is 2. The second-order valence-corrected chi connectivity index (χ2v) is 7.32. The molecule has 2 amide bonds. The number of hydrogen-bond acceptors (Lipinski definition) is 6. The predicted octanol–water partition coefficient (Wildman–Crippen LogP) is 2.67. The smallest absolute Gasteiger partial charge is 0.254 e. The summed E-state index contributed by atoms with van der Waals surface area (Å²) in [6, 6.07) is 8.82. The van der Waals surface area contributed by atoms with E-state index in [2.05, 4.69) is 10.3 Å². The lowest BCUT2D eigenvalue weighted by atomic mass is 9.95. The molecule has 0 atom stereocenters. The summed E-state index contributed by atoms with van der Waals surface area (Å²) >= 11 is 0. The minimum atomic E-state index is -0.114. The Morgan fingerprint density at radius 1 is 1.10 bits per heavy atom. The molecular weight excluding hydrogens is 398 g/mol. The van der Waals surface area contributed by atoms with Crippen LogP contribution < -0.4 is 19.5 Å². The fourth-order valence-electron chi connectivity index (χ4n) is 3.58. The van der Waals surface area contributed by atoms with Gasteiger partial charge in [-0.15, -0.1) is 0 Å². The van der Waals surface area contributed by atoms with Crippen molar-refractivity contribution < 1.29 is 23.8 Å². The van der Waals surface area contributed by atoms with Gasteiger partial charge in [-0.1, -0.05) is 0 Å². The normalized spacial score (nSPS) is 14.1. The molecule has 8 nitrogen and oxygen atoms in total. The lowest BCUT2D eigenvalue weighted by Gasteiger charge is -2.31. The number of carbonyl (C=O) groups excluding carboxylic acids is 2. The van der Waals surface area contributed by atoms with Gasteiger partial charge in [-0.25, -0.2) is 4.98 Å². The number of nitrogens with one attached hydrogen (secondary N) is 1. The van der Waals surface area contributed by atoms with Crippen LogP contribution in [0, 0.1) is 5.92 Å². The first kappa shape index (κ1) is 22.4. The summed E-state index contributed by atoms with van der Waals surface area (Å²) in [6.45, 7) is 3.92. The topological polar surface area (TPSA) is 90.0 Å². The molecule has 166 valence electrons. The summed E-state index contributed by atoms with van der Waals surface area (Å²) in [6.07, 6.45) is 2.92. The molecule has 1 fully saturated rings. The van der Waals surface area contributed by atoms with Crippen LogP contribution in [0.3, 0.4) is 0 Å². The minimum Gasteiger partial charge on any atom is -0.497 e. The molecule has 1 aliphatic heterocycles. The van der Waals surface area contributed by atoms with Crippen LogP contribution in [-0.2, 0) is 11.3 Å². The Labute approximate surface area is 182 Å². The predicted molar refractivity (Wildman–Crippen MR) is 115 cm³/mol. The Hall–Kier alpha value is -3.29. The van der Waals surface area contributed by atoms with Crippen LogP contribution >= 0.6 is 0 Å². The molecule has 0 unspecified atom stereocenters. The molecule has 2 heterocycles. The van der Waals surface area contributed by atoms with Crippen molar-refractivity contribution in [1.82, 2.24) is 15.2 Å². The zero-order valence-corrected chi connectivity index (χ0v) is 18.2. The Bertz CT molecular complexity index is 888. The highest BCUT2D eigenvalue weighted by Gasteiger charge is 2.28. The highest BCUT2D eigenvalue weighted by atomic mass is 16.5. The number of likely N-dealkylation sites (tertiary alicyclic amines) is 1. The maximum atomic E-state index is 12.9. The van der Waals surface area contributed by atoms with Gasteiger partial charge in [0, 0.05) is 49.4 Å². The van der Waals surface area contributed by atoms with Gasteiger partial charge in [0.05, 0.1) is 20.8 Å². The van der Waals surface area contributed by atoms with Gasteiger partial charge in [0.1, 0.15) is 11.5 Å². The van der Waals surface area contributed by atoms with Gasteiger partial charge in [-0.3, -0.25) is 9.59 Å². The fourth-order valence-corrected chi connectivity index (χ4v) is 3.58. The first-order chi connectivity index (χ1) is 15.0. The van der Waals surface area contributed by atoms with Gasteiger partial charge >= 0.3 is 0 Å². The van der Waals surface area contributed by atoms with E-state index in [9.17, 15) is 9.59 Å². The average Bonchev–Trinajstić information content (AvgIpc) is 2.82. The van der Waals surface area contributed by atoms with Gasteiger partial charge in [0.15, 0.2) is 0 Å². The molecule has 0 bridgehead atoms. The number of aromatic nitrogens is 1. The standard InChI is InChI=1S/C23H29N3O5/c1-4-31-21-11-16(5-8-24-21)15-25-22(27)17-6-9-26(10-7-17)23(28)18-12-19(29-2)14-20(13-18)30-3/h5,8,11-14,17H,4,6-7,9-10,15H2,1-3H3,(H,25,27). The van der Waals surface area contributed by atoms with Gasteiger partial charge in [0.2, 0.25) is 11.8 Å². The lowest BCUT2D eigenvalue weighted by Crippen LogP contribution is -2.42. The van der Waals surface area contributed by atoms with Gasteiger partial charge in [-0.05, 0) is 43.5 Å². The molecule has 0 saturated carbocycles. The molecule has 8 heteroatoms. The van der Waals surface area contributed by atoms with Crippen molar-refractivity contribution in [1.29, 1.82) is 0 Å². The Morgan fingerprint density at radius 3 is 2.39 bits per heavy atom. The monoisotopic (exact) mass is 427 g/mol. The van der Waals surface area contributed by atoms with Crippen LogP contribution in [0.2, 0.25) is 0 Å². The van der Waals surface area contributed by atoms with Crippen LogP contribution in [-0.4, -0.2) is 55.6 Å². The summed E-state index contributed by atoms with van der Waals surface area (Å²) in [5, 5.41) is 2.99. The molecular formula is C23H29N3O5. The number of hydrogen-bond donors (Lipinski definition) is 1. The van der Waals surface area contributed by atoms with E-state index < -0.39 is 0 Å². The van der Waals surface area contributed by atoms with Crippen LogP contribution in [0.4, 0.5) is 0 Å². The molecule has 3 rings (SSSR count). The lowest BCUT2D eigenvalue weighted by molar-refractivity contribution is -0.126. The largest absolute Gasteiger partial charge is 0.497 e. The van der Waals surface area contributed by atoms with E-state index in [1.165, 1.54) is 0 Å². The molecule has 1 aromatic carbocycles. The number of piperidine rings is 1. The minimum absolute atomic E-state index is 0.00456. The summed E-state index contributed by atoms with van der Waals surface area (Å²) in [7, 11) is 3.10. The summed E-state index contributed by atoms with van der Waals surface area (Å²) in [5.74, 6) is 1.50. The molecule has 0 radical (unpaired) electrons. The third-order valence-electron chi connectivity index (χ3n) is 5.31. The summed E-state index contributed by atoms with van der Waals surface area (Å²) < 4.78 is 15.9. The molecule has 31 heavy (non-hydrogen) atoms. The van der Waals surface area contributed by atoms with E-state index in [0.29, 0.717) is 62.0 Å². The number of rotatable bonds is 8. The second kappa shape index (κ2) is 10.7. The zero-order chi connectivity index (χ0) is 22.2. The molecule has 1 aliphatic rings. The number of ether oxygens (including phenoxy) is 3. The number of carbonyl (C=O) groups is 2. The highest BCUT2D eigenvalue weighted by molar-refractivity contribution is 5.95. The number of nitrogens with zero attached hydrogens (tertiary/aromatic N) is 2. The van der Waals surface area contributed by atoms with E-state index in [1.54, 1.807) is 43.5 Å². The average molecular weight is 428 g/mol. The quantitative estimate of drug-likeness (QED) is 0.697. The van der Waals surface area contributed by atoms with Crippen molar-refractivity contribution in [2.75, 3.05) is 33.9 Å². The Kier molecular flexibility index (Phi) is 7.70. The third kappa shape index (κ3) is 5.87. The van der Waals surface area contributed by atoms with Crippen molar-refractivity contribution in [2.45, 2.75) is 26.3 Å². The van der Waals surface area contributed by atoms with Crippen molar-refractivity contribution in [3.63, 3.8) is 0 Å². The maximum Gasteiger partial charge on any atom is 0.254 e. The molecule has 1 saturated heterocycles. The number of amides is 2. The molecule has 1 aromatic heterocycles. The third-order valence-corrected chi connectivity index (χ3v) is 5.31. The van der Waals surface area contributed by atoms with E-state index in [4.69, 9.17) is 14.2 Å². The van der Waals surface area contributed by atoms with E-state index in [1.807, 2.05) is 19.1 Å². The van der Waals surface area contributed by atoms with Crippen molar-refractivity contribution in [2.24, 2.45) is 5.92 Å². The van der Waals surface area contributed by atoms with Crippen LogP contribution in [0.1, 0.15) is 35.7 Å². The van der Waals surface area contributed by atoms with Crippen molar-refractivity contribution >= 4 is 11.8 Å². The van der Waals surface area contributed by atoms with Gasteiger partial charge in [-0.2, -0.15) is 0 Å². The van der Waals surface area contributed by atoms with Gasteiger partial charge in [0.25, 0.3) is 5.91 Å². The Morgan fingerprint density at radius 2 is 1.77 bits per heavy atom. The van der Waals surface area contributed by atoms with Crippen molar-refractivity contribution in [3.8, 4) is 17.4 Å². The van der Waals surface area contributed by atoms with Crippen LogP contribution in [0.15, 0.2) is 36.5 Å². The molecule has 0 aliphatic carbocycles. The Balaban J connectivity index is 1.52.